The number of nitrogens with zero attached hydrogens (tertiary/aromatic N) is 6. The lowest BCUT2D eigenvalue weighted by atomic mass is 10.3. The molecule has 1 aromatic heterocycles. The van der Waals surface area contributed by atoms with Crippen LogP contribution in [-0.4, -0.2) is 30.8 Å². The van der Waals surface area contributed by atoms with Gasteiger partial charge in [0, 0.05) is 10.2 Å². The molecular formula is C10H8Cl3N7O2. The van der Waals surface area contributed by atoms with Crippen LogP contribution in [0.2, 0.25) is 15.1 Å². The van der Waals surface area contributed by atoms with Crippen LogP contribution in [0.5, 0.6) is 0 Å². The summed E-state index contributed by atoms with van der Waals surface area (Å²) in [5.41, 5.74) is 3.62. The summed E-state index contributed by atoms with van der Waals surface area (Å²) in [5.74, 6) is -0.579. The molecule has 1 N–H and O–H groups in total. The Bertz CT molecular complexity index is 723. The van der Waals surface area contributed by atoms with Crippen molar-refractivity contribution in [3.05, 3.63) is 37.3 Å². The molecule has 0 saturated heterocycles. The predicted octanol–water partition coefficient (Wildman–Crippen LogP) is 3.03. The molecule has 1 aromatic carbocycles. The maximum Gasteiger partial charge on any atom is 0.514 e. The minimum Gasteiger partial charge on any atom is -0.390 e. The van der Waals surface area contributed by atoms with Crippen LogP contribution in [0.4, 0.5) is 11.6 Å². The van der Waals surface area contributed by atoms with E-state index in [1.807, 2.05) is 0 Å². The van der Waals surface area contributed by atoms with Crippen molar-refractivity contribution in [3.63, 3.8) is 0 Å². The third-order valence-corrected chi connectivity index (χ3v) is 3.16. The summed E-state index contributed by atoms with van der Waals surface area (Å²) in [6, 6.07) is 3.04. The van der Waals surface area contributed by atoms with Gasteiger partial charge in [0.25, 0.3) is 0 Å². The lowest BCUT2D eigenvalue weighted by Gasteiger charge is -2.07. The summed E-state index contributed by atoms with van der Waals surface area (Å²) < 4.78 is 0. The second-order valence-corrected chi connectivity index (χ2v) is 5.33. The van der Waals surface area contributed by atoms with E-state index in [4.69, 9.17) is 34.8 Å². The molecular weight excluding hydrogens is 357 g/mol. The zero-order valence-electron chi connectivity index (χ0n) is 11.0. The van der Waals surface area contributed by atoms with E-state index in [0.717, 1.165) is 4.80 Å². The normalized spacial score (nSPS) is 11.5. The molecule has 22 heavy (non-hydrogen) atoms. The number of hydrogen-bond donors (Lipinski definition) is 1. The van der Waals surface area contributed by atoms with Crippen molar-refractivity contribution in [3.8, 4) is 0 Å². The third-order valence-electron chi connectivity index (χ3n) is 2.34. The van der Waals surface area contributed by atoms with Crippen LogP contribution in [0, 0.1) is 10.1 Å². The molecule has 0 amide bonds. The number of tetrazole rings is 1. The van der Waals surface area contributed by atoms with Crippen LogP contribution in [0.25, 0.3) is 0 Å². The molecule has 0 fully saturated rings. The van der Waals surface area contributed by atoms with E-state index >= 15 is 0 Å². The van der Waals surface area contributed by atoms with E-state index < -0.39 is 10.9 Å². The average Bonchev–Trinajstić information content (AvgIpc) is 2.86. The van der Waals surface area contributed by atoms with Gasteiger partial charge in [-0.15, -0.1) is 0 Å². The van der Waals surface area contributed by atoms with E-state index in [1.54, 1.807) is 6.92 Å². The quantitative estimate of drug-likeness (QED) is 0.496. The van der Waals surface area contributed by atoms with E-state index in [0.29, 0.717) is 26.5 Å². The summed E-state index contributed by atoms with van der Waals surface area (Å²) in [6.45, 7) is 1.77. The fourth-order valence-corrected chi connectivity index (χ4v) is 2.32. The highest BCUT2D eigenvalue weighted by Gasteiger charge is 2.15. The van der Waals surface area contributed by atoms with Crippen molar-refractivity contribution < 1.29 is 4.92 Å². The Labute approximate surface area is 139 Å². The van der Waals surface area contributed by atoms with Gasteiger partial charge in [-0.1, -0.05) is 39.6 Å². The van der Waals surface area contributed by atoms with Crippen LogP contribution < -0.4 is 5.43 Å². The molecule has 12 heteroatoms. The molecule has 0 radical (unpaired) electrons. The SMILES string of the molecule is CC(Cn1nnc([N+](=O)[O-])n1)=NNc1c(Cl)cc(Cl)cc1Cl. The van der Waals surface area contributed by atoms with Gasteiger partial charge in [-0.05, 0) is 24.0 Å². The molecule has 116 valence electrons. The highest BCUT2D eigenvalue weighted by Crippen LogP contribution is 2.33. The monoisotopic (exact) mass is 363 g/mol. The van der Waals surface area contributed by atoms with Crippen LogP contribution in [0.3, 0.4) is 0 Å². The van der Waals surface area contributed by atoms with Crippen molar-refractivity contribution in [2.75, 3.05) is 5.43 Å². The molecule has 2 aromatic rings. The molecule has 0 aliphatic rings. The molecule has 0 spiro atoms. The van der Waals surface area contributed by atoms with Crippen molar-refractivity contribution in [1.82, 2.24) is 20.2 Å². The molecule has 1 heterocycles. The Balaban J connectivity index is 2.08. The number of anilines is 1. The van der Waals surface area contributed by atoms with Gasteiger partial charge in [0.05, 0.1) is 31.6 Å². The molecule has 0 aliphatic carbocycles. The zero-order valence-corrected chi connectivity index (χ0v) is 13.3. The van der Waals surface area contributed by atoms with E-state index in [-0.39, 0.29) is 6.54 Å². The topological polar surface area (TPSA) is 111 Å². The van der Waals surface area contributed by atoms with Crippen LogP contribution in [-0.2, 0) is 6.54 Å². The fourth-order valence-electron chi connectivity index (χ4n) is 1.42. The summed E-state index contributed by atoms with van der Waals surface area (Å²) in [5, 5.41) is 25.9. The maximum atomic E-state index is 10.5. The number of nitro groups is 1. The largest absolute Gasteiger partial charge is 0.514 e. The number of aromatic nitrogens is 4. The number of nitrogens with one attached hydrogen (secondary N) is 1. The standard InChI is InChI=1S/C10H8Cl3N7O2/c1-5(4-19-17-10(16-18-19)20(21)22)14-15-9-7(12)2-6(11)3-8(9)13/h2-3,15H,4H2,1H3. The van der Waals surface area contributed by atoms with E-state index in [9.17, 15) is 10.1 Å². The molecule has 0 saturated carbocycles. The highest BCUT2D eigenvalue weighted by atomic mass is 35.5. The van der Waals surface area contributed by atoms with Gasteiger partial charge in [-0.2, -0.15) is 5.10 Å². The number of rotatable bonds is 5. The Morgan fingerprint density at radius 2 is 2.05 bits per heavy atom. The lowest BCUT2D eigenvalue weighted by Crippen LogP contribution is -2.12. The van der Waals surface area contributed by atoms with Crippen molar-refractivity contribution in [2.24, 2.45) is 5.10 Å². The first-order valence-corrected chi connectivity index (χ1v) is 6.86. The van der Waals surface area contributed by atoms with Crippen LogP contribution in [0.1, 0.15) is 6.92 Å². The molecule has 2 rings (SSSR count). The Morgan fingerprint density at radius 1 is 1.41 bits per heavy atom. The van der Waals surface area contributed by atoms with Crippen molar-refractivity contribution in [1.29, 1.82) is 0 Å². The zero-order chi connectivity index (χ0) is 16.3. The highest BCUT2D eigenvalue weighted by molar-refractivity contribution is 6.41. The first-order valence-electron chi connectivity index (χ1n) is 5.72. The van der Waals surface area contributed by atoms with Crippen LogP contribution >= 0.6 is 34.8 Å². The second kappa shape index (κ2) is 6.86. The maximum absolute atomic E-state index is 10.5. The molecule has 0 bridgehead atoms. The average molecular weight is 365 g/mol. The summed E-state index contributed by atoms with van der Waals surface area (Å²) >= 11 is 17.8. The summed E-state index contributed by atoms with van der Waals surface area (Å²) in [4.78, 5) is 10.8. The number of hydrogen-bond acceptors (Lipinski definition) is 7. The summed E-state index contributed by atoms with van der Waals surface area (Å²) in [6.07, 6.45) is 0. The van der Waals surface area contributed by atoms with E-state index in [1.165, 1.54) is 12.1 Å². The van der Waals surface area contributed by atoms with Crippen molar-refractivity contribution in [2.45, 2.75) is 13.5 Å². The second-order valence-electron chi connectivity index (χ2n) is 4.08. The smallest absolute Gasteiger partial charge is 0.390 e. The van der Waals surface area contributed by atoms with Gasteiger partial charge >= 0.3 is 5.95 Å². The molecule has 9 nitrogen and oxygen atoms in total. The summed E-state index contributed by atoms with van der Waals surface area (Å²) in [7, 11) is 0. The van der Waals surface area contributed by atoms with Crippen molar-refractivity contribution >= 4 is 52.2 Å². The Kier molecular flexibility index (Phi) is 5.11. The Morgan fingerprint density at radius 3 is 2.59 bits per heavy atom. The molecule has 0 unspecified atom stereocenters. The van der Waals surface area contributed by atoms with Gasteiger partial charge in [0.15, 0.2) is 0 Å². The van der Waals surface area contributed by atoms with E-state index in [2.05, 4.69) is 25.9 Å². The van der Waals surface area contributed by atoms with Gasteiger partial charge < -0.3 is 10.1 Å². The predicted molar refractivity (Wildman–Crippen MR) is 82.7 cm³/mol. The lowest BCUT2D eigenvalue weighted by molar-refractivity contribution is -0.394. The number of benzene rings is 1. The third kappa shape index (κ3) is 4.03. The van der Waals surface area contributed by atoms with Gasteiger partial charge in [0.1, 0.15) is 6.54 Å². The first kappa shape index (κ1) is 16.4. The van der Waals surface area contributed by atoms with Crippen LogP contribution in [0.15, 0.2) is 17.2 Å². The van der Waals surface area contributed by atoms with Gasteiger partial charge in [-0.25, -0.2) is 0 Å². The minimum absolute atomic E-state index is 0.108. The number of hydrazone groups is 1. The first-order chi connectivity index (χ1) is 10.4. The fraction of sp³-hybridized carbons (Fsp3) is 0.200. The van der Waals surface area contributed by atoms with Gasteiger partial charge in [0.2, 0.25) is 0 Å². The molecule has 0 aliphatic heterocycles. The molecule has 0 atom stereocenters. The Hall–Kier alpha value is -1.97. The number of halogens is 3. The van der Waals surface area contributed by atoms with Gasteiger partial charge in [-0.3, -0.25) is 5.43 Å². The minimum atomic E-state index is -0.735.